The van der Waals surface area contributed by atoms with Gasteiger partial charge in [-0.25, -0.2) is 0 Å². The molecule has 0 aliphatic rings. The predicted octanol–water partition coefficient (Wildman–Crippen LogP) is 15.7. The fourth-order valence-electron chi connectivity index (χ4n) is 8.47. The third-order valence-corrected chi connectivity index (χ3v) is 11.2. The van der Waals surface area contributed by atoms with Crippen LogP contribution in [0.15, 0.2) is 223 Å². The number of hydrogen-bond acceptors (Lipinski definition) is 3. The lowest BCUT2D eigenvalue weighted by Gasteiger charge is -2.26. The second-order valence-corrected chi connectivity index (χ2v) is 14.6. The van der Waals surface area contributed by atoms with Gasteiger partial charge in [-0.05, 0) is 128 Å². The van der Waals surface area contributed by atoms with Gasteiger partial charge >= 0.3 is 0 Å². The van der Waals surface area contributed by atoms with Gasteiger partial charge in [-0.3, -0.25) is 0 Å². The Morgan fingerprint density at radius 2 is 0.702 bits per heavy atom. The number of hydrogen-bond donors (Lipinski definition) is 0. The number of fused-ring (bicyclic) bond motifs is 8. The van der Waals surface area contributed by atoms with E-state index in [0.29, 0.717) is 0 Å². The van der Waals surface area contributed by atoms with Crippen molar-refractivity contribution in [3.63, 3.8) is 0 Å². The number of benzene rings is 10. The summed E-state index contributed by atoms with van der Waals surface area (Å²) in [6, 6.07) is 78.2. The Morgan fingerprint density at radius 3 is 1.44 bits per heavy atom. The average Bonchev–Trinajstić information content (AvgIpc) is 3.66. The van der Waals surface area contributed by atoms with Crippen molar-refractivity contribution < 1.29 is 4.42 Å². The molecular formula is C54H36N2O. The number of furan rings is 1. The van der Waals surface area contributed by atoms with Gasteiger partial charge in [-0.1, -0.05) is 133 Å². The van der Waals surface area contributed by atoms with Crippen LogP contribution in [0.3, 0.4) is 0 Å². The lowest BCUT2D eigenvalue weighted by atomic mass is 9.96. The summed E-state index contributed by atoms with van der Waals surface area (Å²) < 4.78 is 6.19. The van der Waals surface area contributed by atoms with Gasteiger partial charge in [-0.15, -0.1) is 0 Å². The smallest absolute Gasteiger partial charge is 0.135 e. The van der Waals surface area contributed by atoms with Crippen molar-refractivity contribution in [3.8, 4) is 11.1 Å². The molecule has 0 bridgehead atoms. The van der Waals surface area contributed by atoms with Crippen LogP contribution in [0.1, 0.15) is 0 Å². The molecule has 1 aromatic heterocycles. The highest BCUT2D eigenvalue weighted by Gasteiger charge is 2.18. The molecule has 3 nitrogen and oxygen atoms in total. The van der Waals surface area contributed by atoms with E-state index in [-0.39, 0.29) is 0 Å². The summed E-state index contributed by atoms with van der Waals surface area (Å²) >= 11 is 0. The van der Waals surface area contributed by atoms with Crippen molar-refractivity contribution >= 4 is 88.4 Å². The maximum atomic E-state index is 6.19. The Bertz CT molecular complexity index is 3230. The lowest BCUT2D eigenvalue weighted by molar-refractivity contribution is 0.669. The van der Waals surface area contributed by atoms with Crippen molar-refractivity contribution in [3.05, 3.63) is 218 Å². The Kier molecular flexibility index (Phi) is 7.82. The summed E-state index contributed by atoms with van der Waals surface area (Å²) in [6.07, 6.45) is 0. The molecule has 0 spiro atoms. The first-order chi connectivity index (χ1) is 28.2. The Labute approximate surface area is 330 Å². The standard InChI is InChI=1S/C54H36N2O/c1-4-12-37(13-5-1)38-20-25-43(26-21-38)55(41-14-6-2-7-15-41)45-27-22-39-23-30-48-47-32-28-44(34-40(47)24-31-49(48)51(39)35-45)56(42-16-8-3-9-17-42)46-29-33-54-52(36-46)50-18-10-11-19-53(50)57-54/h1-36H. The molecule has 0 fully saturated rings. The zero-order valence-electron chi connectivity index (χ0n) is 31.1. The minimum Gasteiger partial charge on any atom is -0.456 e. The highest BCUT2D eigenvalue weighted by Crippen LogP contribution is 2.42. The molecule has 0 saturated heterocycles. The van der Waals surface area contributed by atoms with Crippen LogP contribution in [-0.2, 0) is 0 Å². The van der Waals surface area contributed by atoms with Gasteiger partial charge in [0.2, 0.25) is 0 Å². The van der Waals surface area contributed by atoms with Gasteiger partial charge in [0.15, 0.2) is 0 Å². The molecule has 11 aromatic rings. The molecule has 268 valence electrons. The van der Waals surface area contributed by atoms with Gasteiger partial charge in [-0.2, -0.15) is 0 Å². The van der Waals surface area contributed by atoms with E-state index in [4.69, 9.17) is 4.42 Å². The van der Waals surface area contributed by atoms with Crippen molar-refractivity contribution in [2.24, 2.45) is 0 Å². The van der Waals surface area contributed by atoms with Crippen molar-refractivity contribution in [2.45, 2.75) is 0 Å². The summed E-state index contributed by atoms with van der Waals surface area (Å²) in [7, 11) is 0. The first-order valence-corrected chi connectivity index (χ1v) is 19.4. The molecule has 0 aliphatic heterocycles. The SMILES string of the molecule is c1ccc(-c2ccc(N(c3ccccc3)c3ccc4ccc5c6ccc(N(c7ccccc7)c7ccc8oc9ccccc9c8c7)cc6ccc5c4c3)cc2)cc1. The molecule has 57 heavy (non-hydrogen) atoms. The van der Waals surface area contributed by atoms with E-state index in [0.717, 1.165) is 56.1 Å². The Morgan fingerprint density at radius 1 is 0.246 bits per heavy atom. The van der Waals surface area contributed by atoms with E-state index in [1.165, 1.54) is 43.4 Å². The summed E-state index contributed by atoms with van der Waals surface area (Å²) in [5, 5.41) is 9.56. The van der Waals surface area contributed by atoms with E-state index >= 15 is 0 Å². The molecule has 0 N–H and O–H groups in total. The predicted molar refractivity (Wildman–Crippen MR) is 241 cm³/mol. The van der Waals surface area contributed by atoms with E-state index < -0.39 is 0 Å². The van der Waals surface area contributed by atoms with Crippen LogP contribution in [-0.4, -0.2) is 0 Å². The van der Waals surface area contributed by atoms with Crippen LogP contribution < -0.4 is 9.80 Å². The second-order valence-electron chi connectivity index (χ2n) is 14.6. The van der Waals surface area contributed by atoms with Gasteiger partial charge in [0.25, 0.3) is 0 Å². The largest absolute Gasteiger partial charge is 0.456 e. The number of nitrogens with zero attached hydrogens (tertiary/aromatic N) is 2. The zero-order chi connectivity index (χ0) is 37.7. The Hall–Kier alpha value is -7.62. The number of anilines is 6. The molecule has 0 unspecified atom stereocenters. The third-order valence-electron chi connectivity index (χ3n) is 11.2. The van der Waals surface area contributed by atoms with E-state index in [1.807, 2.05) is 12.1 Å². The maximum absolute atomic E-state index is 6.19. The molecule has 11 rings (SSSR count). The molecule has 0 atom stereocenters. The van der Waals surface area contributed by atoms with Crippen LogP contribution in [0.25, 0.3) is 65.4 Å². The molecule has 3 heteroatoms. The maximum Gasteiger partial charge on any atom is 0.135 e. The monoisotopic (exact) mass is 728 g/mol. The quantitative estimate of drug-likeness (QED) is 0.152. The van der Waals surface area contributed by atoms with Crippen molar-refractivity contribution in [1.82, 2.24) is 0 Å². The molecule has 10 aromatic carbocycles. The van der Waals surface area contributed by atoms with Crippen LogP contribution in [0.2, 0.25) is 0 Å². The fraction of sp³-hybridized carbons (Fsp3) is 0. The van der Waals surface area contributed by atoms with Crippen LogP contribution in [0, 0.1) is 0 Å². The van der Waals surface area contributed by atoms with E-state index in [1.54, 1.807) is 0 Å². The summed E-state index contributed by atoms with van der Waals surface area (Å²) in [5.74, 6) is 0. The third kappa shape index (κ3) is 5.76. The fourth-order valence-corrected chi connectivity index (χ4v) is 8.47. The highest BCUT2D eigenvalue weighted by molar-refractivity contribution is 6.18. The van der Waals surface area contributed by atoms with Crippen LogP contribution in [0.5, 0.6) is 0 Å². The van der Waals surface area contributed by atoms with Crippen LogP contribution >= 0.6 is 0 Å². The molecule has 0 saturated carbocycles. The molecule has 0 aliphatic carbocycles. The van der Waals surface area contributed by atoms with Gasteiger partial charge in [0.1, 0.15) is 11.2 Å². The molecule has 0 radical (unpaired) electrons. The number of rotatable bonds is 7. The summed E-state index contributed by atoms with van der Waals surface area (Å²) in [4.78, 5) is 4.68. The molecule has 1 heterocycles. The van der Waals surface area contributed by atoms with Crippen LogP contribution in [0.4, 0.5) is 34.1 Å². The summed E-state index contributed by atoms with van der Waals surface area (Å²) in [5.41, 5.74) is 10.8. The van der Waals surface area contributed by atoms with E-state index in [9.17, 15) is 0 Å². The lowest BCUT2D eigenvalue weighted by Crippen LogP contribution is -2.09. The Balaban J connectivity index is 1.02. The molecular weight excluding hydrogens is 693 g/mol. The minimum absolute atomic E-state index is 0.890. The topological polar surface area (TPSA) is 19.6 Å². The average molecular weight is 729 g/mol. The summed E-state index contributed by atoms with van der Waals surface area (Å²) in [6.45, 7) is 0. The van der Waals surface area contributed by atoms with Crippen molar-refractivity contribution in [2.75, 3.05) is 9.80 Å². The molecule has 0 amide bonds. The number of para-hydroxylation sites is 3. The van der Waals surface area contributed by atoms with Gasteiger partial charge in [0.05, 0.1) is 0 Å². The normalized spacial score (nSPS) is 11.5. The highest BCUT2D eigenvalue weighted by atomic mass is 16.3. The first kappa shape index (κ1) is 32.8. The second kappa shape index (κ2) is 13.6. The minimum atomic E-state index is 0.890. The van der Waals surface area contributed by atoms with Gasteiger partial charge < -0.3 is 14.2 Å². The first-order valence-electron chi connectivity index (χ1n) is 19.4. The van der Waals surface area contributed by atoms with Gasteiger partial charge in [0, 0.05) is 44.9 Å². The van der Waals surface area contributed by atoms with E-state index in [2.05, 4.69) is 216 Å². The van der Waals surface area contributed by atoms with Crippen molar-refractivity contribution in [1.29, 1.82) is 0 Å². The zero-order valence-corrected chi connectivity index (χ0v) is 31.1.